The van der Waals surface area contributed by atoms with Gasteiger partial charge in [0.2, 0.25) is 0 Å². The number of nitrogens with zero attached hydrogens (tertiary/aromatic N) is 2. The standard InChI is InChI=1S/C18H23ClN2S/c1-11(2)16-10-22-18(20-16)15-8-7-9-17(13(15)5)21(12(3)4)14(6)19/h7-12H,6H2,1-5H3. The highest BCUT2D eigenvalue weighted by atomic mass is 35.5. The molecule has 0 aliphatic heterocycles. The summed E-state index contributed by atoms with van der Waals surface area (Å²) >= 11 is 7.91. The second kappa shape index (κ2) is 6.84. The molecule has 0 bridgehead atoms. The van der Waals surface area contributed by atoms with Gasteiger partial charge >= 0.3 is 0 Å². The van der Waals surface area contributed by atoms with Gasteiger partial charge in [0.15, 0.2) is 0 Å². The molecule has 0 unspecified atom stereocenters. The van der Waals surface area contributed by atoms with E-state index in [1.54, 1.807) is 11.3 Å². The van der Waals surface area contributed by atoms with Crippen molar-refractivity contribution in [3.8, 4) is 10.6 Å². The van der Waals surface area contributed by atoms with Crippen molar-refractivity contribution in [2.24, 2.45) is 0 Å². The molecule has 0 amide bonds. The minimum Gasteiger partial charge on any atom is -0.330 e. The quantitative estimate of drug-likeness (QED) is 0.608. The molecule has 0 atom stereocenters. The summed E-state index contributed by atoms with van der Waals surface area (Å²) in [7, 11) is 0. The zero-order chi connectivity index (χ0) is 16.4. The van der Waals surface area contributed by atoms with Crippen LogP contribution in [0.3, 0.4) is 0 Å². The molecule has 0 radical (unpaired) electrons. The van der Waals surface area contributed by atoms with Crippen molar-refractivity contribution in [3.63, 3.8) is 0 Å². The maximum atomic E-state index is 6.21. The molecular formula is C18H23ClN2S. The van der Waals surface area contributed by atoms with E-state index in [0.717, 1.165) is 22.0 Å². The molecule has 4 heteroatoms. The van der Waals surface area contributed by atoms with Gasteiger partial charge in [-0.1, -0.05) is 44.2 Å². The lowest BCUT2D eigenvalue weighted by molar-refractivity contribution is 0.773. The smallest absolute Gasteiger partial charge is 0.123 e. The van der Waals surface area contributed by atoms with Crippen molar-refractivity contribution in [1.29, 1.82) is 0 Å². The topological polar surface area (TPSA) is 16.1 Å². The van der Waals surface area contributed by atoms with Gasteiger partial charge in [0.1, 0.15) is 10.2 Å². The van der Waals surface area contributed by atoms with Gasteiger partial charge in [-0.25, -0.2) is 4.98 Å². The molecule has 2 aromatic rings. The maximum absolute atomic E-state index is 6.21. The van der Waals surface area contributed by atoms with E-state index in [-0.39, 0.29) is 6.04 Å². The van der Waals surface area contributed by atoms with E-state index < -0.39 is 0 Å². The average Bonchev–Trinajstić information content (AvgIpc) is 2.90. The fourth-order valence-corrected chi connectivity index (χ4v) is 3.83. The predicted octanol–water partition coefficient (Wildman–Crippen LogP) is 6.17. The number of thiazole rings is 1. The molecule has 0 N–H and O–H groups in total. The summed E-state index contributed by atoms with van der Waals surface area (Å²) in [4.78, 5) is 6.83. The minimum absolute atomic E-state index is 0.251. The largest absolute Gasteiger partial charge is 0.330 e. The molecule has 0 saturated heterocycles. The zero-order valence-electron chi connectivity index (χ0n) is 13.9. The Morgan fingerprint density at radius 3 is 2.45 bits per heavy atom. The third kappa shape index (κ3) is 3.36. The molecule has 1 aromatic heterocycles. The number of halogens is 1. The van der Waals surface area contributed by atoms with Crippen LogP contribution in [-0.2, 0) is 0 Å². The lowest BCUT2D eigenvalue weighted by atomic mass is 10.1. The third-order valence-electron chi connectivity index (χ3n) is 3.69. The fraction of sp³-hybridized carbons (Fsp3) is 0.389. The molecule has 0 fully saturated rings. The molecule has 22 heavy (non-hydrogen) atoms. The maximum Gasteiger partial charge on any atom is 0.123 e. The highest BCUT2D eigenvalue weighted by Gasteiger charge is 2.18. The van der Waals surface area contributed by atoms with Crippen LogP contribution >= 0.6 is 22.9 Å². The lowest BCUT2D eigenvalue weighted by Crippen LogP contribution is -2.28. The number of hydrogen-bond acceptors (Lipinski definition) is 3. The van der Waals surface area contributed by atoms with Crippen molar-refractivity contribution < 1.29 is 0 Å². The first-order valence-electron chi connectivity index (χ1n) is 7.52. The number of aromatic nitrogens is 1. The Morgan fingerprint density at radius 1 is 1.27 bits per heavy atom. The second-order valence-corrected chi connectivity index (χ2v) is 7.32. The van der Waals surface area contributed by atoms with E-state index in [2.05, 4.69) is 69.7 Å². The Balaban J connectivity index is 2.51. The first kappa shape index (κ1) is 17.0. The van der Waals surface area contributed by atoms with Gasteiger partial charge in [-0.15, -0.1) is 11.3 Å². The van der Waals surface area contributed by atoms with E-state index in [9.17, 15) is 0 Å². The third-order valence-corrected chi connectivity index (χ3v) is 4.76. The molecular weight excluding hydrogens is 312 g/mol. The van der Waals surface area contributed by atoms with E-state index >= 15 is 0 Å². The van der Waals surface area contributed by atoms with Crippen molar-refractivity contribution in [1.82, 2.24) is 4.98 Å². The van der Waals surface area contributed by atoms with Crippen LogP contribution in [-0.4, -0.2) is 11.0 Å². The normalized spacial score (nSPS) is 11.3. The lowest BCUT2D eigenvalue weighted by Gasteiger charge is -2.29. The van der Waals surface area contributed by atoms with Crippen LogP contribution in [0.4, 0.5) is 5.69 Å². The van der Waals surface area contributed by atoms with Crippen LogP contribution in [0.15, 0.2) is 35.3 Å². The number of benzene rings is 1. The Labute approximate surface area is 142 Å². The van der Waals surface area contributed by atoms with Crippen molar-refractivity contribution in [2.75, 3.05) is 4.90 Å². The Bertz CT molecular complexity index is 673. The first-order chi connectivity index (χ1) is 10.3. The summed E-state index contributed by atoms with van der Waals surface area (Å²) in [6, 6.07) is 6.52. The highest BCUT2D eigenvalue weighted by Crippen LogP contribution is 2.35. The average molecular weight is 335 g/mol. The second-order valence-electron chi connectivity index (χ2n) is 6.02. The van der Waals surface area contributed by atoms with Crippen molar-refractivity contribution in [3.05, 3.63) is 46.6 Å². The Hall–Kier alpha value is -1.32. The molecule has 1 aromatic carbocycles. The SMILES string of the molecule is C=C(Cl)N(c1cccc(-c2nc(C(C)C)cs2)c1C)C(C)C. The van der Waals surface area contributed by atoms with Crippen LogP contribution in [0, 0.1) is 6.92 Å². The molecule has 0 aliphatic carbocycles. The molecule has 2 rings (SSSR count). The number of anilines is 1. The Kier molecular flexibility index (Phi) is 5.30. The van der Waals surface area contributed by atoms with E-state index in [4.69, 9.17) is 16.6 Å². The van der Waals surface area contributed by atoms with Crippen LogP contribution < -0.4 is 4.90 Å². The number of rotatable bonds is 5. The van der Waals surface area contributed by atoms with Gasteiger partial charge in [-0.05, 0) is 38.3 Å². The van der Waals surface area contributed by atoms with Crippen LogP contribution in [0.5, 0.6) is 0 Å². The zero-order valence-corrected chi connectivity index (χ0v) is 15.4. The molecule has 1 heterocycles. The number of hydrogen-bond donors (Lipinski definition) is 0. The molecule has 0 aliphatic rings. The first-order valence-corrected chi connectivity index (χ1v) is 8.77. The van der Waals surface area contributed by atoms with Crippen LogP contribution in [0.25, 0.3) is 10.6 Å². The Morgan fingerprint density at radius 2 is 1.95 bits per heavy atom. The van der Waals surface area contributed by atoms with Gasteiger partial charge in [-0.3, -0.25) is 0 Å². The highest BCUT2D eigenvalue weighted by molar-refractivity contribution is 7.13. The van der Waals surface area contributed by atoms with Gasteiger partial charge < -0.3 is 4.90 Å². The monoisotopic (exact) mass is 334 g/mol. The van der Waals surface area contributed by atoms with E-state index in [0.29, 0.717) is 11.1 Å². The minimum atomic E-state index is 0.251. The summed E-state index contributed by atoms with van der Waals surface area (Å²) in [6.45, 7) is 14.6. The van der Waals surface area contributed by atoms with Crippen molar-refractivity contribution in [2.45, 2.75) is 46.6 Å². The summed E-state index contributed by atoms with van der Waals surface area (Å²) in [5, 5.41) is 3.75. The van der Waals surface area contributed by atoms with Gasteiger partial charge in [0.25, 0.3) is 0 Å². The summed E-state index contributed by atoms with van der Waals surface area (Å²) < 4.78 is 0. The van der Waals surface area contributed by atoms with Gasteiger partial charge in [0.05, 0.1) is 5.69 Å². The summed E-state index contributed by atoms with van der Waals surface area (Å²) in [5.41, 5.74) is 4.58. The fourth-order valence-electron chi connectivity index (χ4n) is 2.48. The summed E-state index contributed by atoms with van der Waals surface area (Å²) in [6.07, 6.45) is 0. The molecule has 0 saturated carbocycles. The molecule has 2 nitrogen and oxygen atoms in total. The van der Waals surface area contributed by atoms with Crippen LogP contribution in [0.1, 0.15) is 44.9 Å². The predicted molar refractivity (Wildman–Crippen MR) is 99.0 cm³/mol. The van der Waals surface area contributed by atoms with Crippen molar-refractivity contribution >= 4 is 28.6 Å². The summed E-state index contributed by atoms with van der Waals surface area (Å²) in [5.74, 6) is 0.447. The molecule has 0 spiro atoms. The molecule has 118 valence electrons. The van der Waals surface area contributed by atoms with E-state index in [1.165, 1.54) is 5.56 Å². The van der Waals surface area contributed by atoms with Gasteiger partial charge in [0, 0.05) is 22.7 Å². The van der Waals surface area contributed by atoms with Gasteiger partial charge in [-0.2, -0.15) is 0 Å². The van der Waals surface area contributed by atoms with Crippen LogP contribution in [0.2, 0.25) is 0 Å². The van der Waals surface area contributed by atoms with E-state index in [1.807, 2.05) is 0 Å².